The largest absolute Gasteiger partial charge is 0.508 e. The van der Waals surface area contributed by atoms with Crippen LogP contribution in [0.15, 0.2) is 48.8 Å². The number of hydrogen-bond acceptors (Lipinski definition) is 10. The number of carbonyl (C=O) groups excluding carboxylic acids is 2. The maximum Gasteiger partial charge on any atom is 0.407 e. The predicted octanol–water partition coefficient (Wildman–Crippen LogP) is 3.97. The van der Waals surface area contributed by atoms with Crippen molar-refractivity contribution in [1.29, 1.82) is 0 Å². The van der Waals surface area contributed by atoms with Crippen molar-refractivity contribution in [3.8, 4) is 28.0 Å². The van der Waals surface area contributed by atoms with E-state index in [0.29, 0.717) is 70.7 Å². The maximum atomic E-state index is 12.6. The molecule has 0 aliphatic heterocycles. The van der Waals surface area contributed by atoms with Crippen molar-refractivity contribution < 1.29 is 33.6 Å². The number of nitrogens with two attached hydrogens (primary N) is 1. The molecule has 2 amide bonds. The van der Waals surface area contributed by atoms with Crippen LogP contribution >= 0.6 is 0 Å². The van der Waals surface area contributed by atoms with E-state index in [1.165, 1.54) is 0 Å². The van der Waals surface area contributed by atoms with Gasteiger partial charge in [-0.3, -0.25) is 9.78 Å². The lowest BCUT2D eigenvalue weighted by molar-refractivity contribution is 0.0145. The number of pyridine rings is 2. The zero-order valence-electron chi connectivity index (χ0n) is 25.9. The molecule has 12 nitrogen and oxygen atoms in total. The zero-order valence-corrected chi connectivity index (χ0v) is 25.9. The van der Waals surface area contributed by atoms with Crippen molar-refractivity contribution in [2.24, 2.45) is 0 Å². The molecule has 0 saturated carbocycles. The molecule has 12 heteroatoms. The first-order valence-electron chi connectivity index (χ1n) is 14.6. The lowest BCUT2D eigenvalue weighted by Crippen LogP contribution is -2.34. The summed E-state index contributed by atoms with van der Waals surface area (Å²) < 4.78 is 21.5. The second kappa shape index (κ2) is 17.1. The molecule has 0 spiro atoms. The Balaban J connectivity index is 1.33. The highest BCUT2D eigenvalue weighted by atomic mass is 16.6. The number of amides is 2. The fourth-order valence-corrected chi connectivity index (χ4v) is 4.23. The van der Waals surface area contributed by atoms with Crippen LogP contribution in [0.1, 0.15) is 43.7 Å². The van der Waals surface area contributed by atoms with Crippen LogP contribution in [-0.2, 0) is 25.4 Å². The summed E-state index contributed by atoms with van der Waals surface area (Å²) in [6.07, 6.45) is 3.60. The Morgan fingerprint density at radius 1 is 0.818 bits per heavy atom. The molecule has 3 aromatic rings. The average molecular weight is 610 g/mol. The Morgan fingerprint density at radius 2 is 1.41 bits per heavy atom. The minimum atomic E-state index is -0.532. The van der Waals surface area contributed by atoms with Crippen molar-refractivity contribution in [2.75, 3.05) is 58.5 Å². The molecule has 0 bridgehead atoms. The van der Waals surface area contributed by atoms with Gasteiger partial charge in [0.05, 0.1) is 39.6 Å². The van der Waals surface area contributed by atoms with Crippen molar-refractivity contribution in [2.45, 2.75) is 39.7 Å². The lowest BCUT2D eigenvalue weighted by atomic mass is 9.92. The number of aromatic hydroxyl groups is 1. The Bertz CT molecular complexity index is 1340. The molecule has 3 rings (SSSR count). The van der Waals surface area contributed by atoms with Crippen molar-refractivity contribution in [3.63, 3.8) is 0 Å². The van der Waals surface area contributed by atoms with Crippen LogP contribution in [0.2, 0.25) is 0 Å². The summed E-state index contributed by atoms with van der Waals surface area (Å²) in [5, 5.41) is 15.1. The summed E-state index contributed by atoms with van der Waals surface area (Å²) in [6, 6.07) is 10.4. The van der Waals surface area contributed by atoms with Gasteiger partial charge in [0.25, 0.3) is 5.91 Å². The fourth-order valence-electron chi connectivity index (χ4n) is 4.23. The monoisotopic (exact) mass is 609 g/mol. The van der Waals surface area contributed by atoms with Gasteiger partial charge in [0.1, 0.15) is 22.9 Å². The molecule has 0 aliphatic rings. The van der Waals surface area contributed by atoms with E-state index < -0.39 is 11.7 Å². The van der Waals surface area contributed by atoms with Gasteiger partial charge in [0, 0.05) is 42.2 Å². The van der Waals surface area contributed by atoms with Crippen LogP contribution < -0.4 is 16.4 Å². The van der Waals surface area contributed by atoms with Gasteiger partial charge in [-0.05, 0) is 56.5 Å². The Kier molecular flexibility index (Phi) is 13.3. The fraction of sp³-hybridized carbons (Fsp3) is 0.438. The molecule has 2 aromatic heterocycles. The van der Waals surface area contributed by atoms with Crippen LogP contribution in [0.5, 0.6) is 5.75 Å². The van der Waals surface area contributed by atoms with Gasteiger partial charge in [0.2, 0.25) is 0 Å². The highest BCUT2D eigenvalue weighted by Gasteiger charge is 2.17. The van der Waals surface area contributed by atoms with Gasteiger partial charge < -0.3 is 40.4 Å². The Hall–Kier alpha value is -4.26. The summed E-state index contributed by atoms with van der Waals surface area (Å²) in [4.78, 5) is 32.8. The topological polar surface area (TPSA) is 167 Å². The first-order valence-corrected chi connectivity index (χ1v) is 14.6. The number of phenolic OH excluding ortho intramolecular Hbond substituents is 1. The predicted molar refractivity (Wildman–Crippen MR) is 167 cm³/mol. The van der Waals surface area contributed by atoms with Gasteiger partial charge in [0.15, 0.2) is 0 Å². The summed E-state index contributed by atoms with van der Waals surface area (Å²) in [7, 11) is 0. The number of nitrogen functional groups attached to an aromatic ring is 1. The molecule has 0 radical (unpaired) electrons. The molecule has 2 heterocycles. The van der Waals surface area contributed by atoms with E-state index in [1.54, 1.807) is 51.4 Å². The number of aromatic nitrogens is 2. The molecule has 1 aromatic carbocycles. The van der Waals surface area contributed by atoms with Crippen molar-refractivity contribution in [3.05, 3.63) is 60.0 Å². The minimum absolute atomic E-state index is 0.176. The molecule has 44 heavy (non-hydrogen) atoms. The van der Waals surface area contributed by atoms with Crippen LogP contribution in [0.3, 0.4) is 0 Å². The molecule has 0 saturated heterocycles. The summed E-state index contributed by atoms with van der Waals surface area (Å²) in [5.41, 5.74) is 10.4. The minimum Gasteiger partial charge on any atom is -0.508 e. The first-order chi connectivity index (χ1) is 21.1. The molecule has 5 N–H and O–H groups in total. The first kappa shape index (κ1) is 34.2. The van der Waals surface area contributed by atoms with Crippen LogP contribution in [0, 0.1) is 0 Å². The third-order valence-electron chi connectivity index (χ3n) is 6.22. The number of nitrogens with one attached hydrogen (secondary N) is 2. The van der Waals surface area contributed by atoms with Crippen molar-refractivity contribution in [1.82, 2.24) is 20.6 Å². The second-order valence-corrected chi connectivity index (χ2v) is 10.8. The number of carbonyl (C=O) groups is 2. The lowest BCUT2D eigenvalue weighted by Gasteiger charge is -2.19. The van der Waals surface area contributed by atoms with E-state index in [4.69, 9.17) is 24.7 Å². The number of benzene rings is 1. The molecule has 0 aliphatic carbocycles. The van der Waals surface area contributed by atoms with Gasteiger partial charge in [-0.25, -0.2) is 9.78 Å². The van der Waals surface area contributed by atoms with E-state index >= 15 is 0 Å². The quantitative estimate of drug-likeness (QED) is 0.175. The molecule has 0 unspecified atom stereocenters. The van der Waals surface area contributed by atoms with Gasteiger partial charge in [-0.2, -0.15) is 0 Å². The van der Waals surface area contributed by atoms with Crippen LogP contribution in [0.4, 0.5) is 10.6 Å². The third kappa shape index (κ3) is 11.1. The highest BCUT2D eigenvalue weighted by molar-refractivity contribution is 5.92. The number of alkyl carbamates (subject to hydrolysis) is 1. The SMILES string of the molecule is CCc1c(-c2ccc(C(=O)NCCOCCOCCOCCNC(=O)OC(C)(C)C)nc2)cnc(N)c1-c1ccc(O)cc1. The van der Waals surface area contributed by atoms with E-state index in [-0.39, 0.29) is 11.7 Å². The third-order valence-corrected chi connectivity index (χ3v) is 6.22. The summed E-state index contributed by atoms with van der Waals surface area (Å²) >= 11 is 0. The number of nitrogens with zero attached hydrogens (tertiary/aromatic N) is 2. The number of rotatable bonds is 16. The zero-order chi connectivity index (χ0) is 32.0. The number of ether oxygens (including phenoxy) is 4. The standard InChI is InChI=1S/C32H43N5O7/c1-5-25-26(21-37-29(33)28(25)22-6-9-24(38)10-7-22)23-8-11-27(36-20-23)30(39)34-12-14-41-16-18-43-19-17-42-15-13-35-31(40)44-32(2,3)4/h6-11,20-21,38H,5,12-19H2,1-4H3,(H2,33,37)(H,34,39)(H,35,40). The Labute approximate surface area is 258 Å². The number of hydrogen-bond donors (Lipinski definition) is 4. The molecule has 0 atom stereocenters. The smallest absolute Gasteiger partial charge is 0.407 e. The highest BCUT2D eigenvalue weighted by Crippen LogP contribution is 2.36. The van der Waals surface area contributed by atoms with Crippen LogP contribution in [-0.4, -0.2) is 85.4 Å². The van der Waals surface area contributed by atoms with E-state index in [2.05, 4.69) is 20.6 Å². The van der Waals surface area contributed by atoms with Crippen molar-refractivity contribution >= 4 is 17.8 Å². The van der Waals surface area contributed by atoms with Gasteiger partial charge in [-0.1, -0.05) is 25.1 Å². The summed E-state index contributed by atoms with van der Waals surface area (Å²) in [6.45, 7) is 10.4. The molecule has 0 fully saturated rings. The van der Waals surface area contributed by atoms with E-state index in [0.717, 1.165) is 27.8 Å². The van der Waals surface area contributed by atoms with E-state index in [9.17, 15) is 14.7 Å². The maximum absolute atomic E-state index is 12.6. The molecular weight excluding hydrogens is 566 g/mol. The van der Waals surface area contributed by atoms with Gasteiger partial charge in [-0.15, -0.1) is 0 Å². The molecule has 238 valence electrons. The number of anilines is 1. The average Bonchev–Trinajstić information content (AvgIpc) is 2.99. The van der Waals surface area contributed by atoms with E-state index in [1.807, 2.05) is 25.1 Å². The van der Waals surface area contributed by atoms with Gasteiger partial charge >= 0.3 is 6.09 Å². The normalized spacial score (nSPS) is 11.3. The summed E-state index contributed by atoms with van der Waals surface area (Å²) in [5.74, 6) is 0.282. The Morgan fingerprint density at radius 3 is 1.98 bits per heavy atom. The van der Waals surface area contributed by atoms with Crippen LogP contribution in [0.25, 0.3) is 22.3 Å². The molecular formula is C32H43N5O7. The number of phenols is 1. The second-order valence-electron chi connectivity index (χ2n) is 10.8.